The van der Waals surface area contributed by atoms with E-state index >= 15 is 0 Å². The van der Waals surface area contributed by atoms with Crippen LogP contribution in [0.25, 0.3) is 10.9 Å². The van der Waals surface area contributed by atoms with Gasteiger partial charge in [0.25, 0.3) is 5.91 Å². The molecule has 1 aliphatic rings. The Kier molecular flexibility index (Phi) is 4.59. The first-order valence-electron chi connectivity index (χ1n) is 8.76. The Balaban J connectivity index is 1.81. The fourth-order valence-electron chi connectivity index (χ4n) is 3.33. The third kappa shape index (κ3) is 3.17. The lowest BCUT2D eigenvalue weighted by molar-refractivity contribution is 0.0716. The van der Waals surface area contributed by atoms with Crippen molar-refractivity contribution in [1.82, 2.24) is 9.88 Å². The molecular formula is C20H20FN3OS. The Morgan fingerprint density at radius 1 is 1.12 bits per heavy atom. The summed E-state index contributed by atoms with van der Waals surface area (Å²) in [5, 5.41) is 0.707. The molecule has 0 bridgehead atoms. The molecule has 2 heterocycles. The third-order valence-electron chi connectivity index (χ3n) is 4.70. The maximum atomic E-state index is 13.9. The summed E-state index contributed by atoms with van der Waals surface area (Å²) in [6.07, 6.45) is 3.20. The third-order valence-corrected chi connectivity index (χ3v) is 5.92. The molecule has 4 rings (SSSR count). The zero-order valence-corrected chi connectivity index (χ0v) is 15.1. The summed E-state index contributed by atoms with van der Waals surface area (Å²) in [6, 6.07) is 12.1. The molecule has 0 saturated carbocycles. The van der Waals surface area contributed by atoms with Crippen molar-refractivity contribution >= 4 is 34.3 Å². The summed E-state index contributed by atoms with van der Waals surface area (Å²) in [4.78, 5) is 19.8. The van der Waals surface area contributed by atoms with Crippen LogP contribution in [0, 0.1) is 5.82 Å². The monoisotopic (exact) mass is 369 g/mol. The molecule has 1 amide bonds. The number of nitrogen functional groups attached to an aromatic ring is 1. The minimum atomic E-state index is -0.323. The van der Waals surface area contributed by atoms with Gasteiger partial charge >= 0.3 is 0 Å². The van der Waals surface area contributed by atoms with Crippen molar-refractivity contribution < 1.29 is 9.18 Å². The lowest BCUT2D eigenvalue weighted by atomic mass is 10.1. The average Bonchev–Trinajstić information content (AvgIpc) is 3.01. The van der Waals surface area contributed by atoms with Crippen LogP contribution in [0.5, 0.6) is 0 Å². The van der Waals surface area contributed by atoms with E-state index < -0.39 is 0 Å². The first kappa shape index (κ1) is 17.0. The maximum absolute atomic E-state index is 13.9. The standard InChI is InChI=1S/C20H20FN3OS/c21-13-8-9-16-14(12-13)19(26-17-7-3-2-6-15(17)22)18(23-16)20(25)24-10-4-1-5-11-24/h2-3,6-9,12,23H,1,4-5,10-11,22H2. The van der Waals surface area contributed by atoms with Gasteiger partial charge in [0.1, 0.15) is 11.5 Å². The van der Waals surface area contributed by atoms with Crippen molar-refractivity contribution in [2.45, 2.75) is 29.1 Å². The van der Waals surface area contributed by atoms with E-state index in [0.29, 0.717) is 16.8 Å². The van der Waals surface area contributed by atoms with E-state index in [1.807, 2.05) is 29.2 Å². The average molecular weight is 369 g/mol. The minimum Gasteiger partial charge on any atom is -0.398 e. The molecule has 6 heteroatoms. The second kappa shape index (κ2) is 7.03. The van der Waals surface area contributed by atoms with Crippen LogP contribution in [0.3, 0.4) is 0 Å². The van der Waals surface area contributed by atoms with Crippen molar-refractivity contribution in [3.63, 3.8) is 0 Å². The number of amides is 1. The van der Waals surface area contributed by atoms with E-state index in [2.05, 4.69) is 4.98 Å². The number of para-hydroxylation sites is 1. The van der Waals surface area contributed by atoms with Crippen LogP contribution in [0.4, 0.5) is 10.1 Å². The number of rotatable bonds is 3. The molecule has 26 heavy (non-hydrogen) atoms. The number of hydrogen-bond acceptors (Lipinski definition) is 3. The number of benzene rings is 2. The molecule has 0 atom stereocenters. The fraction of sp³-hybridized carbons (Fsp3) is 0.250. The molecule has 1 aliphatic heterocycles. The van der Waals surface area contributed by atoms with Crippen LogP contribution >= 0.6 is 11.8 Å². The van der Waals surface area contributed by atoms with Crippen LogP contribution in [0.2, 0.25) is 0 Å². The van der Waals surface area contributed by atoms with Gasteiger partial charge in [0, 0.05) is 34.6 Å². The summed E-state index contributed by atoms with van der Waals surface area (Å²) >= 11 is 1.41. The zero-order valence-electron chi connectivity index (χ0n) is 14.3. The highest BCUT2D eigenvalue weighted by atomic mass is 32.2. The highest BCUT2D eigenvalue weighted by Gasteiger charge is 2.25. The second-order valence-electron chi connectivity index (χ2n) is 6.51. The molecule has 1 fully saturated rings. The normalized spacial score (nSPS) is 14.7. The van der Waals surface area contributed by atoms with Gasteiger partial charge in [0.05, 0.1) is 4.90 Å². The molecule has 2 aromatic carbocycles. The van der Waals surface area contributed by atoms with Gasteiger partial charge in [-0.1, -0.05) is 23.9 Å². The quantitative estimate of drug-likeness (QED) is 0.660. The van der Waals surface area contributed by atoms with Crippen LogP contribution in [0.1, 0.15) is 29.8 Å². The molecule has 0 spiro atoms. The Hall–Kier alpha value is -2.47. The minimum absolute atomic E-state index is 0.0293. The van der Waals surface area contributed by atoms with Gasteiger partial charge in [0.15, 0.2) is 0 Å². The van der Waals surface area contributed by atoms with E-state index in [-0.39, 0.29) is 11.7 Å². The van der Waals surface area contributed by atoms with Crippen LogP contribution in [0.15, 0.2) is 52.3 Å². The predicted octanol–water partition coefficient (Wildman–Crippen LogP) is 4.67. The smallest absolute Gasteiger partial charge is 0.271 e. The van der Waals surface area contributed by atoms with E-state index in [0.717, 1.165) is 47.7 Å². The number of nitrogens with two attached hydrogens (primary N) is 1. The number of hydrogen-bond donors (Lipinski definition) is 2. The summed E-state index contributed by atoms with van der Waals surface area (Å²) in [5.41, 5.74) is 7.99. The number of piperidine rings is 1. The fourth-order valence-corrected chi connectivity index (χ4v) is 4.41. The van der Waals surface area contributed by atoms with Crippen LogP contribution < -0.4 is 5.73 Å². The maximum Gasteiger partial charge on any atom is 0.271 e. The lowest BCUT2D eigenvalue weighted by Gasteiger charge is -2.26. The molecule has 1 saturated heterocycles. The van der Waals surface area contributed by atoms with E-state index in [1.54, 1.807) is 6.07 Å². The van der Waals surface area contributed by atoms with Gasteiger partial charge in [-0.25, -0.2) is 4.39 Å². The number of nitrogens with one attached hydrogen (secondary N) is 1. The molecule has 3 N–H and O–H groups in total. The Morgan fingerprint density at radius 3 is 2.65 bits per heavy atom. The topological polar surface area (TPSA) is 62.1 Å². The highest BCUT2D eigenvalue weighted by Crippen LogP contribution is 2.39. The number of halogens is 1. The van der Waals surface area contributed by atoms with Crippen LogP contribution in [-0.4, -0.2) is 28.9 Å². The van der Waals surface area contributed by atoms with Gasteiger partial charge in [-0.05, 0) is 49.6 Å². The number of anilines is 1. The molecule has 3 aromatic rings. The molecule has 0 unspecified atom stereocenters. The molecule has 1 aromatic heterocycles. The van der Waals surface area contributed by atoms with Crippen molar-refractivity contribution in [3.8, 4) is 0 Å². The molecule has 0 aliphatic carbocycles. The summed E-state index contributed by atoms with van der Waals surface area (Å²) < 4.78 is 13.9. The lowest BCUT2D eigenvalue weighted by Crippen LogP contribution is -2.36. The number of carbonyl (C=O) groups excluding carboxylic acids is 1. The van der Waals surface area contributed by atoms with Gasteiger partial charge < -0.3 is 15.6 Å². The number of carbonyl (C=O) groups is 1. The van der Waals surface area contributed by atoms with Crippen molar-refractivity contribution in [3.05, 3.63) is 54.0 Å². The SMILES string of the molecule is Nc1ccccc1Sc1c(C(=O)N2CCCCC2)[nH]c2ccc(F)cc12. The Morgan fingerprint density at radius 2 is 1.88 bits per heavy atom. The number of fused-ring (bicyclic) bond motifs is 1. The summed E-state index contributed by atoms with van der Waals surface area (Å²) in [6.45, 7) is 1.53. The number of aromatic nitrogens is 1. The van der Waals surface area contributed by atoms with Crippen molar-refractivity contribution in [2.24, 2.45) is 0 Å². The van der Waals surface area contributed by atoms with E-state index in [4.69, 9.17) is 5.73 Å². The summed E-state index contributed by atoms with van der Waals surface area (Å²) in [7, 11) is 0. The van der Waals surface area contributed by atoms with Crippen molar-refractivity contribution in [1.29, 1.82) is 0 Å². The zero-order chi connectivity index (χ0) is 18.1. The predicted molar refractivity (Wildman–Crippen MR) is 103 cm³/mol. The van der Waals surface area contributed by atoms with Crippen molar-refractivity contribution in [2.75, 3.05) is 18.8 Å². The first-order valence-corrected chi connectivity index (χ1v) is 9.58. The second-order valence-corrected chi connectivity index (χ2v) is 7.56. The largest absolute Gasteiger partial charge is 0.398 e. The van der Waals surface area contributed by atoms with Gasteiger partial charge in [-0.15, -0.1) is 0 Å². The van der Waals surface area contributed by atoms with E-state index in [9.17, 15) is 9.18 Å². The molecule has 134 valence electrons. The molecule has 0 radical (unpaired) electrons. The number of aromatic amines is 1. The summed E-state index contributed by atoms with van der Waals surface area (Å²) in [5.74, 6) is -0.352. The van der Waals surface area contributed by atoms with Crippen LogP contribution in [-0.2, 0) is 0 Å². The Labute approximate surface area is 155 Å². The van der Waals surface area contributed by atoms with Gasteiger partial charge in [-0.2, -0.15) is 0 Å². The van der Waals surface area contributed by atoms with Gasteiger partial charge in [-0.3, -0.25) is 4.79 Å². The number of H-pyrrole nitrogens is 1. The molecular weight excluding hydrogens is 349 g/mol. The first-order chi connectivity index (χ1) is 12.6. The number of nitrogens with zero attached hydrogens (tertiary/aromatic N) is 1. The van der Waals surface area contributed by atoms with Gasteiger partial charge in [0.2, 0.25) is 0 Å². The Bertz CT molecular complexity index is 963. The van der Waals surface area contributed by atoms with E-state index in [1.165, 1.54) is 23.9 Å². The highest BCUT2D eigenvalue weighted by molar-refractivity contribution is 7.99. The number of likely N-dealkylation sites (tertiary alicyclic amines) is 1. The molecule has 4 nitrogen and oxygen atoms in total.